The molecule has 1 aliphatic rings. The standard InChI is InChI=1S/C35H37N3O4/c1-25-31(28-17-11-6-12-18-28)38(35(41)36(25)2)34(40)32(33(39)29-19-21-30(42-3)22-20-29)37(23-26-13-7-4-8-14-26)24-27-15-9-5-10-16-27/h4-22,25,31-33,39H,23-24H2,1-3H3/t25-,31-,32+,33?/m0/s1. The van der Waals surface area contributed by atoms with E-state index >= 15 is 0 Å². The molecule has 1 saturated heterocycles. The highest BCUT2D eigenvalue weighted by Crippen LogP contribution is 2.37. The number of nitrogens with zero attached hydrogens (tertiary/aromatic N) is 3. The van der Waals surface area contributed by atoms with Crippen LogP contribution in [0.1, 0.15) is 41.3 Å². The van der Waals surface area contributed by atoms with Gasteiger partial charge in [0, 0.05) is 20.1 Å². The minimum absolute atomic E-state index is 0.251. The van der Waals surface area contributed by atoms with Gasteiger partial charge in [-0.3, -0.25) is 14.6 Å². The number of amides is 3. The summed E-state index contributed by atoms with van der Waals surface area (Å²) >= 11 is 0. The van der Waals surface area contributed by atoms with Crippen molar-refractivity contribution in [3.8, 4) is 5.75 Å². The quantitative estimate of drug-likeness (QED) is 0.263. The molecule has 0 spiro atoms. The smallest absolute Gasteiger partial charge is 0.327 e. The van der Waals surface area contributed by atoms with Gasteiger partial charge < -0.3 is 14.7 Å². The normalized spacial score (nSPS) is 18.3. The second kappa shape index (κ2) is 13.0. The lowest BCUT2D eigenvalue weighted by Crippen LogP contribution is -2.52. The lowest BCUT2D eigenvalue weighted by atomic mass is 9.95. The number of benzene rings is 4. The van der Waals surface area contributed by atoms with Crippen LogP contribution in [0.15, 0.2) is 115 Å². The Kier molecular flexibility index (Phi) is 9.00. The Balaban J connectivity index is 1.62. The summed E-state index contributed by atoms with van der Waals surface area (Å²) in [5.41, 5.74) is 3.41. The van der Waals surface area contributed by atoms with Gasteiger partial charge in [-0.05, 0) is 41.3 Å². The van der Waals surface area contributed by atoms with E-state index in [1.807, 2.05) is 103 Å². The average molecular weight is 564 g/mol. The van der Waals surface area contributed by atoms with E-state index in [2.05, 4.69) is 0 Å². The predicted molar refractivity (Wildman–Crippen MR) is 163 cm³/mol. The molecule has 0 aromatic heterocycles. The molecule has 1 fully saturated rings. The molecule has 0 saturated carbocycles. The molecule has 4 aromatic carbocycles. The minimum atomic E-state index is -1.22. The number of aliphatic hydroxyl groups excluding tert-OH is 1. The summed E-state index contributed by atoms with van der Waals surface area (Å²) in [5, 5.41) is 12.0. The molecule has 1 aliphatic heterocycles. The van der Waals surface area contributed by atoms with E-state index in [0.29, 0.717) is 24.4 Å². The molecule has 0 radical (unpaired) electrons. The van der Waals surface area contributed by atoms with Crippen LogP contribution in [-0.2, 0) is 17.9 Å². The first-order chi connectivity index (χ1) is 20.4. The summed E-state index contributed by atoms with van der Waals surface area (Å²) in [6.07, 6.45) is -1.22. The SMILES string of the molecule is COc1ccc(C(O)[C@H](C(=O)N2C(=O)N(C)[C@@H](C)[C@H]2c2ccccc2)N(Cc2ccccc2)Cc2ccccc2)cc1. The van der Waals surface area contributed by atoms with Crippen LogP contribution in [0, 0.1) is 0 Å². The number of methoxy groups -OCH3 is 1. The highest BCUT2D eigenvalue weighted by molar-refractivity contribution is 5.99. The molecule has 5 rings (SSSR count). The van der Waals surface area contributed by atoms with Crippen molar-refractivity contribution in [3.63, 3.8) is 0 Å². The van der Waals surface area contributed by atoms with Gasteiger partial charge in [0.25, 0.3) is 5.91 Å². The molecule has 7 nitrogen and oxygen atoms in total. The zero-order valence-electron chi connectivity index (χ0n) is 24.2. The number of aliphatic hydroxyl groups is 1. The third kappa shape index (κ3) is 6.08. The number of imide groups is 1. The van der Waals surface area contributed by atoms with Gasteiger partial charge in [-0.2, -0.15) is 0 Å². The van der Waals surface area contributed by atoms with Crippen molar-refractivity contribution in [3.05, 3.63) is 138 Å². The summed E-state index contributed by atoms with van der Waals surface area (Å²) in [5.74, 6) is 0.203. The molecule has 3 amide bonds. The van der Waals surface area contributed by atoms with Crippen molar-refractivity contribution < 1.29 is 19.4 Å². The first kappa shape index (κ1) is 29.0. The summed E-state index contributed by atoms with van der Waals surface area (Å²) in [6.45, 7) is 2.73. The van der Waals surface area contributed by atoms with Crippen LogP contribution >= 0.6 is 0 Å². The maximum Gasteiger partial charge on any atom is 0.327 e. The van der Waals surface area contributed by atoms with Crippen LogP contribution in [0.4, 0.5) is 4.79 Å². The third-order valence-corrected chi connectivity index (χ3v) is 8.09. The number of ether oxygens (including phenoxy) is 1. The maximum atomic E-state index is 14.8. The van der Waals surface area contributed by atoms with Crippen LogP contribution in [0.3, 0.4) is 0 Å². The van der Waals surface area contributed by atoms with E-state index in [-0.39, 0.29) is 12.1 Å². The van der Waals surface area contributed by atoms with Gasteiger partial charge in [-0.25, -0.2) is 4.79 Å². The van der Waals surface area contributed by atoms with Crippen LogP contribution in [0.25, 0.3) is 0 Å². The number of likely N-dealkylation sites (N-methyl/N-ethyl adjacent to an activating group) is 1. The Labute approximate surface area is 247 Å². The van der Waals surface area contributed by atoms with Crippen LogP contribution in [-0.4, -0.2) is 58.0 Å². The molecule has 216 valence electrons. The molecular weight excluding hydrogens is 526 g/mol. The molecule has 1 heterocycles. The Morgan fingerprint density at radius 1 is 0.833 bits per heavy atom. The van der Waals surface area contributed by atoms with E-state index in [1.165, 1.54) is 4.90 Å². The van der Waals surface area contributed by atoms with Crippen LogP contribution in [0.2, 0.25) is 0 Å². The van der Waals surface area contributed by atoms with Crippen LogP contribution in [0.5, 0.6) is 5.75 Å². The molecule has 4 atom stereocenters. The van der Waals surface area contributed by atoms with E-state index in [9.17, 15) is 14.7 Å². The predicted octanol–water partition coefficient (Wildman–Crippen LogP) is 5.82. The van der Waals surface area contributed by atoms with Gasteiger partial charge in [0.1, 0.15) is 17.9 Å². The van der Waals surface area contributed by atoms with Crippen molar-refractivity contribution in [1.82, 2.24) is 14.7 Å². The fraction of sp³-hybridized carbons (Fsp3) is 0.257. The molecule has 42 heavy (non-hydrogen) atoms. The molecule has 4 aromatic rings. The summed E-state index contributed by atoms with van der Waals surface area (Å²) < 4.78 is 5.33. The van der Waals surface area contributed by atoms with Gasteiger partial charge in [-0.15, -0.1) is 0 Å². The van der Waals surface area contributed by atoms with Crippen molar-refractivity contribution in [2.24, 2.45) is 0 Å². The van der Waals surface area contributed by atoms with Crippen molar-refractivity contribution in [2.75, 3.05) is 14.2 Å². The van der Waals surface area contributed by atoms with E-state index < -0.39 is 24.1 Å². The molecule has 0 aliphatic carbocycles. The Bertz CT molecular complexity index is 1420. The van der Waals surface area contributed by atoms with Crippen molar-refractivity contribution in [1.29, 1.82) is 0 Å². The number of hydrogen-bond acceptors (Lipinski definition) is 5. The number of carbonyl (C=O) groups is 2. The van der Waals surface area contributed by atoms with E-state index in [1.54, 1.807) is 43.3 Å². The highest BCUT2D eigenvalue weighted by Gasteiger charge is 2.49. The van der Waals surface area contributed by atoms with E-state index in [0.717, 1.165) is 16.7 Å². The van der Waals surface area contributed by atoms with Gasteiger partial charge in [-0.1, -0.05) is 103 Å². The molecule has 1 N–H and O–H groups in total. The number of carbonyl (C=O) groups excluding carboxylic acids is 2. The topological polar surface area (TPSA) is 73.3 Å². The summed E-state index contributed by atoms with van der Waals surface area (Å²) in [4.78, 5) is 33.5. The van der Waals surface area contributed by atoms with Gasteiger partial charge >= 0.3 is 6.03 Å². The number of urea groups is 1. The minimum Gasteiger partial charge on any atom is -0.497 e. The van der Waals surface area contributed by atoms with Crippen molar-refractivity contribution >= 4 is 11.9 Å². The van der Waals surface area contributed by atoms with Gasteiger partial charge in [0.05, 0.1) is 19.2 Å². The first-order valence-corrected chi connectivity index (χ1v) is 14.2. The Morgan fingerprint density at radius 3 is 1.83 bits per heavy atom. The average Bonchev–Trinajstić information content (AvgIpc) is 3.26. The molecular formula is C35H37N3O4. The first-order valence-electron chi connectivity index (χ1n) is 14.2. The monoisotopic (exact) mass is 563 g/mol. The van der Waals surface area contributed by atoms with E-state index in [4.69, 9.17) is 4.74 Å². The summed E-state index contributed by atoms with van der Waals surface area (Å²) in [6, 6.07) is 34.2. The molecule has 7 heteroatoms. The lowest BCUT2D eigenvalue weighted by Gasteiger charge is -2.37. The molecule has 0 bridgehead atoms. The van der Waals surface area contributed by atoms with Crippen molar-refractivity contribution in [2.45, 2.75) is 44.2 Å². The lowest BCUT2D eigenvalue weighted by molar-refractivity contribution is -0.140. The Morgan fingerprint density at radius 2 is 1.33 bits per heavy atom. The van der Waals surface area contributed by atoms with Gasteiger partial charge in [0.15, 0.2) is 0 Å². The number of rotatable bonds is 10. The zero-order valence-corrected chi connectivity index (χ0v) is 24.2. The van der Waals surface area contributed by atoms with Crippen LogP contribution < -0.4 is 4.74 Å². The zero-order chi connectivity index (χ0) is 29.6. The number of hydrogen-bond donors (Lipinski definition) is 1. The second-order valence-electron chi connectivity index (χ2n) is 10.7. The van der Waals surface area contributed by atoms with Gasteiger partial charge in [0.2, 0.25) is 0 Å². The largest absolute Gasteiger partial charge is 0.497 e. The fourth-order valence-corrected chi connectivity index (χ4v) is 5.71. The fourth-order valence-electron chi connectivity index (χ4n) is 5.71. The maximum absolute atomic E-state index is 14.8. The Hall–Kier alpha value is -4.46. The second-order valence-corrected chi connectivity index (χ2v) is 10.7. The molecule has 1 unspecified atom stereocenters. The third-order valence-electron chi connectivity index (χ3n) is 8.09. The highest BCUT2D eigenvalue weighted by atomic mass is 16.5. The summed E-state index contributed by atoms with van der Waals surface area (Å²) in [7, 11) is 3.30.